The minimum atomic E-state index is -4.76. The first kappa shape index (κ1) is 57.5. The Balaban J connectivity index is 0.857. The van der Waals surface area contributed by atoms with Gasteiger partial charge in [-0.25, -0.2) is 26.7 Å². The number of H-pyrrole nitrogens is 1. The SMILES string of the molecule is CCOc1nc2[nH]cc(F)c2cc1Oc1cc(N2CCC3(CC2)CC(N2CCN(Cc4ccc(N=S(C)(C)=O)cc4)C[C@H]2c2ccccc2C(C)C)C3)ccc1C(=O)NS(=O)(=O)c1cnc(NCC2CCC(C)(O)CC2)c([N+](=O)[O-])c1. The molecule has 10 rings (SSSR count). The van der Waals surface area contributed by atoms with Gasteiger partial charge < -0.3 is 29.8 Å². The highest BCUT2D eigenvalue weighted by molar-refractivity contribution is 7.92. The molecule has 1 spiro atoms. The van der Waals surface area contributed by atoms with Crippen LogP contribution in [-0.4, -0.2) is 123 Å². The van der Waals surface area contributed by atoms with Gasteiger partial charge >= 0.3 is 5.69 Å². The summed E-state index contributed by atoms with van der Waals surface area (Å²) in [6.45, 7) is 13.6. The van der Waals surface area contributed by atoms with Gasteiger partial charge in [0.1, 0.15) is 22.1 Å². The molecule has 1 atom stereocenters. The molecule has 6 aromatic rings. The number of amides is 1. The highest BCUT2D eigenvalue weighted by Crippen LogP contribution is 2.54. The van der Waals surface area contributed by atoms with Crippen molar-refractivity contribution in [2.24, 2.45) is 15.7 Å². The molecule has 3 aromatic carbocycles. The number of sulfonamides is 1. The van der Waals surface area contributed by atoms with Crippen LogP contribution >= 0.6 is 0 Å². The van der Waals surface area contributed by atoms with Gasteiger partial charge in [0.25, 0.3) is 21.8 Å². The molecule has 1 amide bonds. The molecule has 2 aliphatic heterocycles. The molecule has 4 N–H and O–H groups in total. The van der Waals surface area contributed by atoms with Gasteiger partial charge in [-0.15, -0.1) is 0 Å². The number of rotatable bonds is 18. The number of aromatic nitrogens is 3. The van der Waals surface area contributed by atoms with Gasteiger partial charge in [0, 0.05) is 110 Å². The molecular formula is C59H73FN10O9S2. The topological polar surface area (TPSA) is 238 Å². The molecule has 19 nitrogen and oxygen atoms in total. The number of hydrogen-bond acceptors (Lipinski definition) is 16. The molecule has 2 aliphatic carbocycles. The van der Waals surface area contributed by atoms with E-state index in [1.54, 1.807) is 38.5 Å². The Hall–Kier alpha value is -6.72. The van der Waals surface area contributed by atoms with Gasteiger partial charge in [-0.05, 0) is 123 Å². The first-order valence-electron chi connectivity index (χ1n) is 27.9. The van der Waals surface area contributed by atoms with E-state index in [2.05, 4.69) is 94.3 Å². The summed E-state index contributed by atoms with van der Waals surface area (Å²) in [4.78, 5) is 44.1. The highest BCUT2D eigenvalue weighted by atomic mass is 32.2. The number of aliphatic hydroxyl groups is 1. The smallest absolute Gasteiger partial charge is 0.312 e. The average Bonchev–Trinajstić information content (AvgIpc) is 3.79. The van der Waals surface area contributed by atoms with Crippen LogP contribution in [0.3, 0.4) is 0 Å². The number of aromatic amines is 1. The van der Waals surface area contributed by atoms with Crippen LogP contribution in [0.1, 0.15) is 118 Å². The number of benzene rings is 3. The van der Waals surface area contributed by atoms with Crippen LogP contribution in [-0.2, 0) is 26.3 Å². The maximum absolute atomic E-state index is 15.0. The normalized spacial score (nSPS) is 21.0. The first-order chi connectivity index (χ1) is 38.5. The zero-order valence-corrected chi connectivity index (χ0v) is 48.5. The minimum Gasteiger partial charge on any atom is -0.475 e. The summed E-state index contributed by atoms with van der Waals surface area (Å²) >= 11 is 0. The second-order valence-corrected chi connectivity index (χ2v) is 27.6. The number of nitrogens with zero attached hydrogens (tertiary/aromatic N) is 7. The summed E-state index contributed by atoms with van der Waals surface area (Å²) in [5, 5.41) is 25.7. The Kier molecular flexibility index (Phi) is 16.5. The van der Waals surface area contributed by atoms with Crippen molar-refractivity contribution in [1.82, 2.24) is 29.5 Å². The van der Waals surface area contributed by atoms with Crippen molar-refractivity contribution in [3.8, 4) is 17.4 Å². The van der Waals surface area contributed by atoms with Gasteiger partial charge in [-0.3, -0.25) is 24.7 Å². The Morgan fingerprint density at radius 1 is 0.975 bits per heavy atom. The number of hydrogen-bond donors (Lipinski definition) is 4. The maximum atomic E-state index is 15.0. The molecule has 4 aliphatic rings. The third-order valence-electron chi connectivity index (χ3n) is 16.7. The van der Waals surface area contributed by atoms with Crippen molar-refractivity contribution in [2.45, 2.75) is 114 Å². The number of pyridine rings is 2. The summed E-state index contributed by atoms with van der Waals surface area (Å²) in [5.41, 5.74) is 4.21. The Labute approximate surface area is 473 Å². The molecular weight excluding hydrogens is 1080 g/mol. The fraction of sp³-hybridized carbons (Fsp3) is 0.475. The average molecular weight is 1150 g/mol. The number of nitro groups is 1. The largest absolute Gasteiger partial charge is 0.475 e. The summed E-state index contributed by atoms with van der Waals surface area (Å²) in [5.74, 6) is -1.37. The lowest BCUT2D eigenvalue weighted by Crippen LogP contribution is -2.60. The van der Waals surface area contributed by atoms with E-state index in [1.165, 1.54) is 28.8 Å². The predicted molar refractivity (Wildman–Crippen MR) is 311 cm³/mol. The maximum Gasteiger partial charge on any atom is 0.312 e. The van der Waals surface area contributed by atoms with Crippen LogP contribution in [0, 0.1) is 27.3 Å². The standard InChI is InChI=1S/C59H73FN10O9S2/c1-7-78-57-53(30-48-49(60)35-63-54(48)64-57)79-52-28-42(16-17-47(52)56(71)66-81(76,77)44-29-50(70(73)74)55(62-34-44)61-33-39-18-20-58(4,72)21-19-39)68-24-22-59(23-25-68)31-43(32-59)69-27-26-67(36-40-12-14-41(15-13-40)65-80(5,6)75)37-51(69)46-11-9-8-10-45(46)38(2)3/h8-17,28-30,34-35,38-39,43,51,72H,7,18-27,31-33,36-37H2,1-6H3,(H,61,62)(H,63,64)(H,66,71)/t39?,51-,58?/m0/s1. The van der Waals surface area contributed by atoms with E-state index in [1.807, 2.05) is 12.1 Å². The van der Waals surface area contributed by atoms with Crippen molar-refractivity contribution in [1.29, 1.82) is 0 Å². The lowest BCUT2D eigenvalue weighted by molar-refractivity contribution is -0.384. The van der Waals surface area contributed by atoms with E-state index in [-0.39, 0.29) is 63.8 Å². The van der Waals surface area contributed by atoms with Gasteiger partial charge in [0.2, 0.25) is 5.82 Å². The highest BCUT2D eigenvalue weighted by Gasteiger charge is 2.50. The Morgan fingerprint density at radius 3 is 2.40 bits per heavy atom. The number of anilines is 2. The summed E-state index contributed by atoms with van der Waals surface area (Å²) in [6.07, 6.45) is 12.0. The van der Waals surface area contributed by atoms with Crippen molar-refractivity contribution in [3.63, 3.8) is 0 Å². The number of ether oxygens (including phenoxy) is 2. The van der Waals surface area contributed by atoms with E-state index < -0.39 is 52.6 Å². The van der Waals surface area contributed by atoms with Crippen molar-refractivity contribution in [2.75, 3.05) is 68.6 Å². The fourth-order valence-corrected chi connectivity index (χ4v) is 13.8. The molecule has 22 heteroatoms. The summed E-state index contributed by atoms with van der Waals surface area (Å²) in [6, 6.07) is 24.7. The molecule has 432 valence electrons. The summed E-state index contributed by atoms with van der Waals surface area (Å²) in [7, 11) is -7.01. The van der Waals surface area contributed by atoms with Gasteiger partial charge in [0.15, 0.2) is 5.75 Å². The van der Waals surface area contributed by atoms with E-state index in [0.717, 1.165) is 81.7 Å². The lowest BCUT2D eigenvalue weighted by atomic mass is 9.59. The molecule has 3 aromatic heterocycles. The van der Waals surface area contributed by atoms with Crippen LogP contribution in [0.15, 0.2) is 101 Å². The zero-order valence-electron chi connectivity index (χ0n) is 46.8. The Bertz CT molecular complexity index is 3540. The van der Waals surface area contributed by atoms with E-state index in [4.69, 9.17) is 9.47 Å². The monoisotopic (exact) mass is 1150 g/mol. The third-order valence-corrected chi connectivity index (χ3v) is 18.7. The molecule has 2 saturated heterocycles. The van der Waals surface area contributed by atoms with Gasteiger partial charge in [-0.2, -0.15) is 9.35 Å². The molecule has 2 saturated carbocycles. The second-order valence-electron chi connectivity index (χ2n) is 23.4. The fourth-order valence-electron chi connectivity index (χ4n) is 12.3. The molecule has 4 fully saturated rings. The first-order valence-corrected chi connectivity index (χ1v) is 31.7. The number of piperidine rings is 1. The molecule has 5 heterocycles. The van der Waals surface area contributed by atoms with Crippen LogP contribution in [0.2, 0.25) is 0 Å². The van der Waals surface area contributed by atoms with Crippen LogP contribution in [0.4, 0.5) is 27.3 Å². The molecule has 0 unspecified atom stereocenters. The number of fused-ring (bicyclic) bond motifs is 1. The second kappa shape index (κ2) is 23.3. The van der Waals surface area contributed by atoms with E-state index >= 15 is 4.39 Å². The molecule has 0 bridgehead atoms. The zero-order chi connectivity index (χ0) is 57.4. The number of carbonyl (C=O) groups excluding carboxylic acids is 1. The molecule has 81 heavy (non-hydrogen) atoms. The van der Waals surface area contributed by atoms with Crippen molar-refractivity contribution < 1.29 is 41.3 Å². The van der Waals surface area contributed by atoms with Crippen molar-refractivity contribution in [3.05, 3.63) is 129 Å². The van der Waals surface area contributed by atoms with Gasteiger partial charge in [-0.1, -0.05) is 50.2 Å². The van der Waals surface area contributed by atoms with Crippen LogP contribution in [0.25, 0.3) is 11.0 Å². The number of carbonyl (C=O) groups is 1. The van der Waals surface area contributed by atoms with Crippen LogP contribution in [0.5, 0.6) is 17.4 Å². The lowest BCUT2D eigenvalue weighted by Gasteiger charge is -2.58. The number of nitrogens with one attached hydrogen (secondary N) is 3. The third kappa shape index (κ3) is 13.1. The van der Waals surface area contributed by atoms with E-state index in [9.17, 15) is 32.6 Å². The van der Waals surface area contributed by atoms with Gasteiger partial charge in [0.05, 0.1) is 40.0 Å². The van der Waals surface area contributed by atoms with Crippen molar-refractivity contribution >= 4 is 59.6 Å². The number of halogens is 1. The molecule has 0 radical (unpaired) electrons. The minimum absolute atomic E-state index is 0.0128. The predicted octanol–water partition coefficient (Wildman–Crippen LogP) is 10.5. The van der Waals surface area contributed by atoms with E-state index in [0.29, 0.717) is 57.3 Å². The van der Waals surface area contributed by atoms with Crippen LogP contribution < -0.4 is 24.4 Å². The quantitative estimate of drug-likeness (QED) is 0.0462. The number of piperazine rings is 1. The Morgan fingerprint density at radius 2 is 1.70 bits per heavy atom. The summed E-state index contributed by atoms with van der Waals surface area (Å²) < 4.78 is 73.9.